The number of carbonyl (C=O) groups is 1. The highest BCUT2D eigenvalue weighted by Gasteiger charge is 2.22. The van der Waals surface area contributed by atoms with Crippen LogP contribution in [0.25, 0.3) is 11.1 Å². The molecule has 5 nitrogen and oxygen atoms in total. The highest BCUT2D eigenvalue weighted by atomic mass is 16.2. The molecule has 0 radical (unpaired) electrons. The Labute approximate surface area is 153 Å². The molecule has 5 heteroatoms. The van der Waals surface area contributed by atoms with Gasteiger partial charge in [-0.2, -0.15) is 5.10 Å². The average molecular weight is 346 g/mol. The Morgan fingerprint density at radius 2 is 1.62 bits per heavy atom. The second-order valence-electron chi connectivity index (χ2n) is 6.71. The van der Waals surface area contributed by atoms with Crippen molar-refractivity contribution >= 4 is 6.03 Å². The Kier molecular flexibility index (Phi) is 4.21. The van der Waals surface area contributed by atoms with Crippen molar-refractivity contribution in [3.8, 4) is 11.1 Å². The van der Waals surface area contributed by atoms with Gasteiger partial charge in [0.05, 0.1) is 6.20 Å². The number of rotatable bonds is 2. The first-order chi connectivity index (χ1) is 12.6. The molecular weight excluding hydrogens is 324 g/mol. The van der Waals surface area contributed by atoms with Gasteiger partial charge in [-0.05, 0) is 29.2 Å². The lowest BCUT2D eigenvalue weighted by molar-refractivity contribution is 0.192. The number of benzene rings is 2. The summed E-state index contributed by atoms with van der Waals surface area (Å²) in [6.07, 6.45) is 1.81. The van der Waals surface area contributed by atoms with Crippen LogP contribution < -0.4 is 5.32 Å². The van der Waals surface area contributed by atoms with Gasteiger partial charge in [-0.1, -0.05) is 48.5 Å². The molecular formula is C21H22N4O. The van der Waals surface area contributed by atoms with Crippen molar-refractivity contribution in [3.05, 3.63) is 77.1 Å². The summed E-state index contributed by atoms with van der Waals surface area (Å²) in [5.74, 6) is 0. The van der Waals surface area contributed by atoms with E-state index >= 15 is 0 Å². The van der Waals surface area contributed by atoms with Crippen LogP contribution in [0.4, 0.5) is 4.79 Å². The lowest BCUT2D eigenvalue weighted by Gasteiger charge is -2.22. The standard InChI is InChI=1S/C21H22N4O/c1-15-18(12-23-24(15)2)11-22-21(26)25-13-16-7-3-5-9-19(16)20-10-6-4-8-17(20)14-25/h3-10,12H,11,13-14H2,1-2H3,(H,22,26). The number of fused-ring (bicyclic) bond motifs is 3. The number of hydrogen-bond acceptors (Lipinski definition) is 2. The third-order valence-electron chi connectivity index (χ3n) is 5.10. The molecule has 0 spiro atoms. The second-order valence-corrected chi connectivity index (χ2v) is 6.71. The van der Waals surface area contributed by atoms with Crippen molar-refractivity contribution in [1.29, 1.82) is 0 Å². The molecule has 0 saturated carbocycles. The summed E-state index contributed by atoms with van der Waals surface area (Å²) in [5.41, 5.74) is 6.87. The van der Waals surface area contributed by atoms with Crippen LogP contribution in [-0.2, 0) is 26.7 Å². The fourth-order valence-electron chi connectivity index (χ4n) is 3.45. The summed E-state index contributed by atoms with van der Waals surface area (Å²) in [7, 11) is 1.91. The maximum atomic E-state index is 12.8. The van der Waals surface area contributed by atoms with Crippen LogP contribution in [0.2, 0.25) is 0 Å². The van der Waals surface area contributed by atoms with Gasteiger partial charge in [0, 0.05) is 37.9 Å². The number of hydrogen-bond donors (Lipinski definition) is 1. The van der Waals surface area contributed by atoms with Crippen molar-refractivity contribution in [1.82, 2.24) is 20.0 Å². The van der Waals surface area contributed by atoms with Gasteiger partial charge in [0.25, 0.3) is 0 Å². The third kappa shape index (κ3) is 2.96. The molecule has 0 saturated heterocycles. The van der Waals surface area contributed by atoms with Gasteiger partial charge in [-0.15, -0.1) is 0 Å². The van der Waals surface area contributed by atoms with Crippen LogP contribution in [0, 0.1) is 6.92 Å². The molecule has 0 aliphatic carbocycles. The Morgan fingerprint density at radius 3 is 2.15 bits per heavy atom. The molecule has 4 rings (SSSR count). The monoisotopic (exact) mass is 346 g/mol. The quantitative estimate of drug-likeness (QED) is 0.770. The Hall–Kier alpha value is -3.08. The van der Waals surface area contributed by atoms with E-state index in [1.807, 2.05) is 41.9 Å². The van der Waals surface area contributed by atoms with E-state index in [1.165, 1.54) is 22.3 Å². The van der Waals surface area contributed by atoms with E-state index in [0.29, 0.717) is 19.6 Å². The highest BCUT2D eigenvalue weighted by molar-refractivity contribution is 5.78. The molecule has 0 bridgehead atoms. The van der Waals surface area contributed by atoms with Crippen molar-refractivity contribution in [2.24, 2.45) is 7.05 Å². The van der Waals surface area contributed by atoms with E-state index in [9.17, 15) is 4.79 Å². The van der Waals surface area contributed by atoms with Gasteiger partial charge in [0.15, 0.2) is 0 Å². The van der Waals surface area contributed by atoms with Gasteiger partial charge < -0.3 is 10.2 Å². The zero-order valence-electron chi connectivity index (χ0n) is 15.1. The van der Waals surface area contributed by atoms with E-state index in [-0.39, 0.29) is 6.03 Å². The van der Waals surface area contributed by atoms with Crippen molar-refractivity contribution in [2.45, 2.75) is 26.6 Å². The maximum absolute atomic E-state index is 12.8. The minimum Gasteiger partial charge on any atom is -0.334 e. The van der Waals surface area contributed by atoms with Crippen LogP contribution in [0.5, 0.6) is 0 Å². The first kappa shape index (κ1) is 16.4. The smallest absolute Gasteiger partial charge is 0.318 e. The van der Waals surface area contributed by atoms with Crippen LogP contribution >= 0.6 is 0 Å². The predicted molar refractivity (Wildman–Crippen MR) is 101 cm³/mol. The molecule has 2 heterocycles. The lowest BCUT2D eigenvalue weighted by atomic mass is 9.97. The van der Waals surface area contributed by atoms with Crippen molar-refractivity contribution in [3.63, 3.8) is 0 Å². The molecule has 0 unspecified atom stereocenters. The highest BCUT2D eigenvalue weighted by Crippen LogP contribution is 2.32. The first-order valence-electron chi connectivity index (χ1n) is 8.80. The summed E-state index contributed by atoms with van der Waals surface area (Å²) in [5, 5.41) is 7.28. The molecule has 132 valence electrons. The van der Waals surface area contributed by atoms with Crippen LogP contribution in [0.3, 0.4) is 0 Å². The number of aromatic nitrogens is 2. The zero-order valence-corrected chi connectivity index (χ0v) is 15.1. The minimum absolute atomic E-state index is 0.0558. The van der Waals surface area contributed by atoms with E-state index < -0.39 is 0 Å². The number of urea groups is 1. The van der Waals surface area contributed by atoms with Gasteiger partial charge >= 0.3 is 6.03 Å². The summed E-state index contributed by atoms with van der Waals surface area (Å²) < 4.78 is 1.82. The second kappa shape index (κ2) is 6.67. The number of nitrogens with zero attached hydrogens (tertiary/aromatic N) is 3. The molecule has 1 aromatic heterocycles. The summed E-state index contributed by atoms with van der Waals surface area (Å²) >= 11 is 0. The Morgan fingerprint density at radius 1 is 1.04 bits per heavy atom. The summed E-state index contributed by atoms with van der Waals surface area (Å²) in [6.45, 7) is 3.69. The topological polar surface area (TPSA) is 50.2 Å². The van der Waals surface area contributed by atoms with Crippen LogP contribution in [0.1, 0.15) is 22.4 Å². The molecule has 2 aromatic carbocycles. The molecule has 26 heavy (non-hydrogen) atoms. The molecule has 1 aliphatic rings. The zero-order chi connectivity index (χ0) is 18.1. The molecule has 1 aliphatic heterocycles. The number of carbonyl (C=O) groups excluding carboxylic acids is 1. The third-order valence-corrected chi connectivity index (χ3v) is 5.10. The Bertz CT molecular complexity index is 913. The normalized spacial score (nSPS) is 12.9. The fraction of sp³-hybridized carbons (Fsp3) is 0.238. The van der Waals surface area contributed by atoms with E-state index in [4.69, 9.17) is 0 Å². The Balaban J connectivity index is 1.58. The van der Waals surface area contributed by atoms with E-state index in [2.05, 4.69) is 46.8 Å². The lowest BCUT2D eigenvalue weighted by Crippen LogP contribution is -2.38. The molecule has 3 aromatic rings. The number of amides is 2. The number of aryl methyl sites for hydroxylation is 1. The summed E-state index contributed by atoms with van der Waals surface area (Å²) in [4.78, 5) is 14.7. The fourth-order valence-corrected chi connectivity index (χ4v) is 3.45. The average Bonchev–Trinajstić information content (AvgIpc) is 2.89. The molecule has 0 fully saturated rings. The van der Waals surface area contributed by atoms with Gasteiger partial charge in [0.2, 0.25) is 0 Å². The SMILES string of the molecule is Cc1c(CNC(=O)N2Cc3ccccc3-c3ccccc3C2)cnn1C. The molecule has 0 atom stereocenters. The largest absolute Gasteiger partial charge is 0.334 e. The van der Waals surface area contributed by atoms with Gasteiger partial charge in [0.1, 0.15) is 0 Å². The molecule has 1 N–H and O–H groups in total. The van der Waals surface area contributed by atoms with Crippen LogP contribution in [0.15, 0.2) is 54.7 Å². The van der Waals surface area contributed by atoms with E-state index in [1.54, 1.807) is 0 Å². The molecule has 2 amide bonds. The predicted octanol–water partition coefficient (Wildman–Crippen LogP) is 3.62. The van der Waals surface area contributed by atoms with Gasteiger partial charge in [-0.3, -0.25) is 4.68 Å². The van der Waals surface area contributed by atoms with Crippen LogP contribution in [-0.4, -0.2) is 20.7 Å². The number of nitrogens with one attached hydrogen (secondary N) is 1. The van der Waals surface area contributed by atoms with Gasteiger partial charge in [-0.25, -0.2) is 4.79 Å². The maximum Gasteiger partial charge on any atom is 0.318 e. The minimum atomic E-state index is -0.0558. The van der Waals surface area contributed by atoms with E-state index in [0.717, 1.165) is 11.3 Å². The first-order valence-corrected chi connectivity index (χ1v) is 8.80. The van der Waals surface area contributed by atoms with Crippen molar-refractivity contribution < 1.29 is 4.79 Å². The van der Waals surface area contributed by atoms with Crippen molar-refractivity contribution in [2.75, 3.05) is 0 Å². The summed E-state index contributed by atoms with van der Waals surface area (Å²) in [6, 6.07) is 16.6.